The average molecular weight is 249 g/mol. The van der Waals surface area contributed by atoms with Crippen LogP contribution < -0.4 is 5.73 Å². The fourth-order valence-corrected chi connectivity index (χ4v) is 1.34. The number of nitrogens with zero attached hydrogens (tertiary/aromatic N) is 4. The molecule has 0 amide bonds. The molecule has 1 heterocycles. The molecule has 0 aromatic carbocycles. The first kappa shape index (κ1) is 13.2. The Bertz CT molecular complexity index is 438. The van der Waals surface area contributed by atoms with Gasteiger partial charge in [-0.3, -0.25) is 4.98 Å². The summed E-state index contributed by atoms with van der Waals surface area (Å²) >= 11 is 4.18. The summed E-state index contributed by atoms with van der Waals surface area (Å²) in [6.07, 6.45) is 1.66. The number of nitrogens with two attached hydrogens (primary N) is 1. The smallest absolute Gasteiger partial charge is 0.160 e. The van der Waals surface area contributed by atoms with Gasteiger partial charge in [0, 0.05) is 25.5 Å². The lowest BCUT2D eigenvalue weighted by molar-refractivity contribution is 0.599. The van der Waals surface area contributed by atoms with Gasteiger partial charge in [0.05, 0.1) is 17.3 Å². The molecule has 0 aliphatic heterocycles. The maximum Gasteiger partial charge on any atom is 0.160 e. The molecule has 0 spiro atoms. The van der Waals surface area contributed by atoms with Gasteiger partial charge in [-0.25, -0.2) is 0 Å². The Morgan fingerprint density at radius 1 is 1.59 bits per heavy atom. The number of rotatable bonds is 4. The van der Waals surface area contributed by atoms with Crippen LogP contribution in [-0.4, -0.2) is 35.4 Å². The maximum absolute atomic E-state index is 5.55. The van der Waals surface area contributed by atoms with E-state index in [0.717, 1.165) is 5.56 Å². The third kappa shape index (κ3) is 3.32. The lowest BCUT2D eigenvalue weighted by Gasteiger charge is -2.17. The summed E-state index contributed by atoms with van der Waals surface area (Å²) in [6, 6.07) is 3.63. The molecule has 2 N–H and O–H groups in total. The molecule has 0 atom stereocenters. The van der Waals surface area contributed by atoms with E-state index in [2.05, 4.69) is 41.1 Å². The van der Waals surface area contributed by atoms with Crippen LogP contribution in [0.15, 0.2) is 35.1 Å². The van der Waals surface area contributed by atoms with Crippen LogP contribution >= 0.6 is 12.6 Å². The molecule has 0 aliphatic carbocycles. The van der Waals surface area contributed by atoms with Gasteiger partial charge < -0.3 is 10.6 Å². The minimum absolute atomic E-state index is 0.430. The van der Waals surface area contributed by atoms with Crippen LogP contribution in [0.25, 0.3) is 5.70 Å². The van der Waals surface area contributed by atoms with Crippen LogP contribution in [-0.2, 0) is 0 Å². The van der Waals surface area contributed by atoms with Gasteiger partial charge in [0.2, 0.25) is 0 Å². The number of thiol groups is 1. The van der Waals surface area contributed by atoms with Crippen molar-refractivity contribution in [3.63, 3.8) is 0 Å². The highest BCUT2D eigenvalue weighted by molar-refractivity contribution is 7.80. The minimum Gasteiger partial charge on any atom is -0.397 e. The molecule has 0 fully saturated rings. The van der Waals surface area contributed by atoms with Crippen molar-refractivity contribution in [2.45, 2.75) is 0 Å². The van der Waals surface area contributed by atoms with Gasteiger partial charge in [-0.1, -0.05) is 6.58 Å². The third-order valence-electron chi connectivity index (χ3n) is 2.09. The van der Waals surface area contributed by atoms with Gasteiger partial charge in [0.15, 0.2) is 5.84 Å². The number of pyridine rings is 1. The molecule has 0 saturated carbocycles. The first-order valence-corrected chi connectivity index (χ1v) is 5.50. The van der Waals surface area contributed by atoms with Crippen molar-refractivity contribution in [3.8, 4) is 0 Å². The normalized spacial score (nSPS) is 11.1. The zero-order valence-electron chi connectivity index (χ0n) is 9.67. The highest BCUT2D eigenvalue weighted by atomic mass is 32.1. The summed E-state index contributed by atoms with van der Waals surface area (Å²) in [5.74, 6) is 1.16. The Morgan fingerprint density at radius 3 is 2.71 bits per heavy atom. The second kappa shape index (κ2) is 6.05. The zero-order valence-corrected chi connectivity index (χ0v) is 10.6. The molecule has 5 nitrogen and oxygen atoms in total. The Morgan fingerprint density at radius 2 is 2.29 bits per heavy atom. The van der Waals surface area contributed by atoms with Crippen LogP contribution in [0.2, 0.25) is 0 Å². The van der Waals surface area contributed by atoms with Crippen LogP contribution in [0.1, 0.15) is 11.3 Å². The monoisotopic (exact) mass is 249 g/mol. The predicted octanol–water partition coefficient (Wildman–Crippen LogP) is 1.19. The largest absolute Gasteiger partial charge is 0.397 e. The molecule has 0 saturated heterocycles. The summed E-state index contributed by atoms with van der Waals surface area (Å²) in [6.45, 7) is 6.97. The molecule has 1 rings (SSSR count). The summed E-state index contributed by atoms with van der Waals surface area (Å²) < 4.78 is 0. The van der Waals surface area contributed by atoms with E-state index >= 15 is 0 Å². The van der Waals surface area contributed by atoms with Gasteiger partial charge in [-0.2, -0.15) is 17.7 Å². The predicted molar refractivity (Wildman–Crippen MR) is 75.2 cm³/mol. The minimum atomic E-state index is 0.430. The molecular formula is C11H15N5S. The molecule has 6 heteroatoms. The Balaban J connectivity index is 3.08. The molecule has 0 bridgehead atoms. The first-order valence-electron chi connectivity index (χ1n) is 4.87. The second-order valence-electron chi connectivity index (χ2n) is 3.36. The number of aromatic nitrogens is 1. The van der Waals surface area contributed by atoms with Crippen molar-refractivity contribution in [2.24, 2.45) is 15.9 Å². The third-order valence-corrected chi connectivity index (χ3v) is 2.51. The van der Waals surface area contributed by atoms with Crippen molar-refractivity contribution >= 4 is 30.9 Å². The fraction of sp³-hybridized carbons (Fsp3) is 0.182. The van der Waals surface area contributed by atoms with E-state index in [0.29, 0.717) is 23.1 Å². The molecule has 0 aliphatic rings. The highest BCUT2D eigenvalue weighted by Gasteiger charge is 2.09. The number of amidine groups is 1. The van der Waals surface area contributed by atoms with Crippen LogP contribution in [0.5, 0.6) is 0 Å². The van der Waals surface area contributed by atoms with Crippen molar-refractivity contribution in [1.82, 2.24) is 9.88 Å². The van der Waals surface area contributed by atoms with E-state index in [4.69, 9.17) is 5.73 Å². The average Bonchev–Trinajstić information content (AvgIpc) is 2.35. The Kier molecular flexibility index (Phi) is 4.71. The lowest BCUT2D eigenvalue weighted by Crippen LogP contribution is -2.26. The van der Waals surface area contributed by atoms with E-state index in [1.165, 1.54) is 0 Å². The molecule has 0 radical (unpaired) electrons. The number of hydrogen-bond donors (Lipinski definition) is 2. The summed E-state index contributed by atoms with van der Waals surface area (Å²) in [4.78, 5) is 6.00. The van der Waals surface area contributed by atoms with Gasteiger partial charge in [-0.15, -0.1) is 5.10 Å². The molecular weight excluding hydrogens is 234 g/mol. The first-order chi connectivity index (χ1) is 8.10. The van der Waals surface area contributed by atoms with Crippen molar-refractivity contribution < 1.29 is 0 Å². The standard InChI is InChI=1S/C11H15N5S/c1-8(12)10-5-4-9(6-14-10)11(15-13-2)16(3)7-17/h4-6,17H,1-2,7,12H2,3H3/b15-11-. The van der Waals surface area contributed by atoms with E-state index < -0.39 is 0 Å². The molecule has 0 unspecified atom stereocenters. The quantitative estimate of drug-likeness (QED) is 0.277. The Hall–Kier alpha value is -1.82. The van der Waals surface area contributed by atoms with Crippen molar-refractivity contribution in [1.29, 1.82) is 0 Å². The topological polar surface area (TPSA) is 66.9 Å². The molecule has 1 aromatic rings. The van der Waals surface area contributed by atoms with E-state index in [1.807, 2.05) is 18.0 Å². The van der Waals surface area contributed by atoms with Gasteiger partial charge in [0.25, 0.3) is 0 Å². The lowest BCUT2D eigenvalue weighted by atomic mass is 10.2. The van der Waals surface area contributed by atoms with Crippen LogP contribution in [0.3, 0.4) is 0 Å². The van der Waals surface area contributed by atoms with E-state index in [-0.39, 0.29) is 0 Å². The SMILES string of the molecule is C=N/N=C(/c1ccc(C(=C)N)nc1)N(C)CS. The molecule has 90 valence electrons. The highest BCUT2D eigenvalue weighted by Crippen LogP contribution is 2.08. The fourth-order valence-electron chi connectivity index (χ4n) is 1.20. The van der Waals surface area contributed by atoms with E-state index in [1.54, 1.807) is 12.3 Å². The summed E-state index contributed by atoms with van der Waals surface area (Å²) in [5, 5.41) is 7.48. The van der Waals surface area contributed by atoms with E-state index in [9.17, 15) is 0 Å². The zero-order chi connectivity index (χ0) is 12.8. The maximum atomic E-state index is 5.55. The van der Waals surface area contributed by atoms with Gasteiger partial charge in [0.1, 0.15) is 0 Å². The Labute approximate surface area is 106 Å². The summed E-state index contributed by atoms with van der Waals surface area (Å²) in [5.41, 5.74) is 7.44. The number of hydrogen-bond acceptors (Lipinski definition) is 5. The van der Waals surface area contributed by atoms with Gasteiger partial charge in [-0.05, 0) is 12.1 Å². The molecule has 17 heavy (non-hydrogen) atoms. The van der Waals surface area contributed by atoms with Crippen LogP contribution in [0.4, 0.5) is 0 Å². The van der Waals surface area contributed by atoms with Crippen molar-refractivity contribution in [2.75, 3.05) is 12.9 Å². The van der Waals surface area contributed by atoms with Gasteiger partial charge >= 0.3 is 0 Å². The molecule has 1 aromatic heterocycles. The second-order valence-corrected chi connectivity index (χ2v) is 3.64. The summed E-state index contributed by atoms with van der Waals surface area (Å²) in [7, 11) is 1.85. The van der Waals surface area contributed by atoms with Crippen molar-refractivity contribution in [3.05, 3.63) is 36.2 Å². The van der Waals surface area contributed by atoms with Crippen LogP contribution in [0, 0.1) is 0 Å².